The van der Waals surface area contributed by atoms with Crippen LogP contribution < -0.4 is 0 Å². The molecule has 254 valence electrons. The molecule has 3 unspecified atom stereocenters. The summed E-state index contributed by atoms with van der Waals surface area (Å²) in [4.78, 5) is 0. The molecule has 0 amide bonds. The summed E-state index contributed by atoms with van der Waals surface area (Å²) in [7, 11) is 0. The molecule has 0 aliphatic heterocycles. The van der Waals surface area contributed by atoms with Crippen molar-refractivity contribution in [1.82, 2.24) is 9.13 Å². The fourth-order valence-corrected chi connectivity index (χ4v) is 8.21. The van der Waals surface area contributed by atoms with Gasteiger partial charge in [-0.15, -0.1) is 18.1 Å². The second-order valence-corrected chi connectivity index (χ2v) is 13.3. The lowest BCUT2D eigenvalue weighted by Gasteiger charge is -2.34. The van der Waals surface area contributed by atoms with Gasteiger partial charge in [-0.3, -0.25) is 0 Å². The maximum atomic E-state index is 10.6. The monoisotopic (exact) mass is 683 g/mol. The summed E-state index contributed by atoms with van der Waals surface area (Å²) in [5.41, 5.74) is 13.6. The Morgan fingerprint density at radius 1 is 0.849 bits per heavy atom. The quantitative estimate of drug-likeness (QED) is 0.0818. The molecular formula is C48H37N5. The van der Waals surface area contributed by atoms with Crippen molar-refractivity contribution in [2.75, 3.05) is 0 Å². The van der Waals surface area contributed by atoms with Gasteiger partial charge in [0.2, 0.25) is 0 Å². The Labute approximate surface area is 310 Å². The van der Waals surface area contributed by atoms with E-state index in [0.29, 0.717) is 29.5 Å². The van der Waals surface area contributed by atoms with E-state index in [1.807, 2.05) is 79.8 Å². The molecule has 0 bridgehead atoms. The summed E-state index contributed by atoms with van der Waals surface area (Å²) in [6.07, 6.45) is 17.8. The van der Waals surface area contributed by atoms with Crippen molar-refractivity contribution in [3.63, 3.8) is 0 Å². The standard InChI is InChI=1S/C48H37N5/c1-5-9-17-44-38(8-4)42-27-32(29-49)20-26-47(42)53(44)48-35(31-51)14-12-16-41(48)39(13-6-2)37(7-3)34-21-23-36(24-22-34)52-45-18-11-10-15-40(45)43-28-33(30-50)19-25-46(43)52/h2,5,8-12,14-15,18-28,37,39,48H,4,7,13,17H2,1,3H3/b9-5-. The van der Waals surface area contributed by atoms with E-state index in [0.717, 1.165) is 67.2 Å². The number of aromatic nitrogens is 2. The number of hydrogen-bond donors (Lipinski definition) is 0. The fourth-order valence-electron chi connectivity index (χ4n) is 8.21. The topological polar surface area (TPSA) is 81.2 Å². The van der Waals surface area contributed by atoms with E-state index < -0.39 is 6.04 Å². The average Bonchev–Trinajstić information content (AvgIpc) is 3.70. The highest BCUT2D eigenvalue weighted by Crippen LogP contribution is 2.46. The molecule has 2 heterocycles. The molecule has 53 heavy (non-hydrogen) atoms. The van der Waals surface area contributed by atoms with Crippen LogP contribution in [0.4, 0.5) is 0 Å². The third-order valence-corrected chi connectivity index (χ3v) is 10.6. The zero-order valence-corrected chi connectivity index (χ0v) is 29.8. The number of allylic oxidation sites excluding steroid dienone is 5. The second-order valence-electron chi connectivity index (χ2n) is 13.3. The van der Waals surface area contributed by atoms with Gasteiger partial charge in [0, 0.05) is 63.0 Å². The molecule has 0 N–H and O–H groups in total. The largest absolute Gasteiger partial charge is 0.331 e. The molecule has 2 aromatic heterocycles. The lowest BCUT2D eigenvalue weighted by atomic mass is 9.74. The van der Waals surface area contributed by atoms with Crippen LogP contribution in [0, 0.1) is 52.3 Å². The zero-order valence-electron chi connectivity index (χ0n) is 29.8. The van der Waals surface area contributed by atoms with E-state index in [9.17, 15) is 15.8 Å². The summed E-state index contributed by atoms with van der Waals surface area (Å²) < 4.78 is 4.50. The molecule has 6 aromatic rings. The second kappa shape index (κ2) is 14.7. The number of hydrogen-bond acceptors (Lipinski definition) is 3. The van der Waals surface area contributed by atoms with Crippen molar-refractivity contribution in [2.24, 2.45) is 5.92 Å². The number of rotatable bonds is 10. The lowest BCUT2D eigenvalue weighted by Crippen LogP contribution is -2.25. The highest BCUT2D eigenvalue weighted by atomic mass is 15.0. The van der Waals surface area contributed by atoms with Crippen molar-refractivity contribution in [3.05, 3.63) is 161 Å². The molecule has 0 saturated heterocycles. The molecule has 1 aliphatic carbocycles. The van der Waals surface area contributed by atoms with Crippen LogP contribution in [0.25, 0.3) is 44.5 Å². The van der Waals surface area contributed by atoms with Crippen LogP contribution >= 0.6 is 0 Å². The number of nitriles is 3. The Bertz CT molecular complexity index is 2730. The summed E-state index contributed by atoms with van der Waals surface area (Å²) in [6.45, 7) is 8.35. The molecule has 7 rings (SSSR count). The summed E-state index contributed by atoms with van der Waals surface area (Å²) in [6, 6.07) is 35.2. The van der Waals surface area contributed by atoms with Gasteiger partial charge in [0.05, 0.1) is 52.0 Å². The van der Waals surface area contributed by atoms with Crippen LogP contribution in [-0.4, -0.2) is 9.13 Å². The Morgan fingerprint density at radius 3 is 2.21 bits per heavy atom. The van der Waals surface area contributed by atoms with Crippen molar-refractivity contribution in [1.29, 1.82) is 15.8 Å². The first kappa shape index (κ1) is 34.4. The molecule has 0 saturated carbocycles. The van der Waals surface area contributed by atoms with E-state index in [4.69, 9.17) is 6.42 Å². The normalized spacial score (nSPS) is 15.0. The van der Waals surface area contributed by atoms with Crippen LogP contribution in [0.15, 0.2) is 133 Å². The van der Waals surface area contributed by atoms with Crippen LogP contribution in [0.3, 0.4) is 0 Å². The molecule has 0 radical (unpaired) electrons. The first-order valence-corrected chi connectivity index (χ1v) is 17.9. The van der Waals surface area contributed by atoms with Gasteiger partial charge < -0.3 is 9.13 Å². The van der Waals surface area contributed by atoms with Crippen LogP contribution in [-0.2, 0) is 6.42 Å². The van der Waals surface area contributed by atoms with Gasteiger partial charge in [0.25, 0.3) is 0 Å². The first-order valence-electron chi connectivity index (χ1n) is 17.9. The highest BCUT2D eigenvalue weighted by Gasteiger charge is 2.35. The Kier molecular flexibility index (Phi) is 9.54. The SMILES string of the molecule is C#CCC(C1=C=CC=C(C#N)C1n1c(C/C=C\C)c(C=C)c2cc(C#N)ccc21)C(CC)c1ccc(-n2c3ccccc3c3cc(C#N)ccc32)cc1. The van der Waals surface area contributed by atoms with Crippen LogP contribution in [0.2, 0.25) is 0 Å². The maximum Gasteiger partial charge on any atom is 0.0991 e. The predicted octanol–water partition coefficient (Wildman–Crippen LogP) is 11.2. The van der Waals surface area contributed by atoms with E-state index in [1.54, 1.807) is 0 Å². The molecular weight excluding hydrogens is 647 g/mol. The number of terminal acetylenes is 1. The minimum Gasteiger partial charge on any atom is -0.331 e. The van der Waals surface area contributed by atoms with Gasteiger partial charge in [-0.05, 0) is 91.6 Å². The van der Waals surface area contributed by atoms with Gasteiger partial charge >= 0.3 is 0 Å². The third kappa shape index (κ3) is 5.87. The molecule has 4 aromatic carbocycles. The molecule has 5 nitrogen and oxygen atoms in total. The number of benzene rings is 4. The number of fused-ring (bicyclic) bond motifs is 4. The van der Waals surface area contributed by atoms with E-state index >= 15 is 0 Å². The van der Waals surface area contributed by atoms with Gasteiger partial charge in [-0.1, -0.05) is 62.1 Å². The summed E-state index contributed by atoms with van der Waals surface area (Å²) >= 11 is 0. The third-order valence-electron chi connectivity index (χ3n) is 10.6. The maximum absolute atomic E-state index is 10.6. The smallest absolute Gasteiger partial charge is 0.0991 e. The van der Waals surface area contributed by atoms with Crippen molar-refractivity contribution >= 4 is 38.8 Å². The number of para-hydroxylation sites is 1. The predicted molar refractivity (Wildman–Crippen MR) is 215 cm³/mol. The molecule has 5 heteroatoms. The molecule has 0 fully saturated rings. The van der Waals surface area contributed by atoms with Crippen molar-refractivity contribution in [2.45, 2.75) is 45.1 Å². The summed E-state index contributed by atoms with van der Waals surface area (Å²) in [5.74, 6) is 2.90. The first-order chi connectivity index (χ1) is 26.0. The van der Waals surface area contributed by atoms with Crippen LogP contribution in [0.1, 0.15) is 66.6 Å². The average molecular weight is 684 g/mol. The van der Waals surface area contributed by atoms with E-state index in [-0.39, 0.29) is 11.8 Å². The van der Waals surface area contributed by atoms with E-state index in [1.165, 1.54) is 0 Å². The minimum atomic E-state index is -0.447. The van der Waals surface area contributed by atoms with E-state index in [2.05, 4.69) is 95.0 Å². The number of nitrogens with zero attached hydrogens (tertiary/aromatic N) is 5. The Morgan fingerprint density at radius 2 is 1.55 bits per heavy atom. The van der Waals surface area contributed by atoms with Crippen LogP contribution in [0.5, 0.6) is 0 Å². The molecule has 0 spiro atoms. The van der Waals surface area contributed by atoms with Gasteiger partial charge in [0.15, 0.2) is 0 Å². The Balaban J connectivity index is 1.36. The Hall–Kier alpha value is -7.01. The van der Waals surface area contributed by atoms with Crippen molar-refractivity contribution < 1.29 is 0 Å². The minimum absolute atomic E-state index is 0.0396. The fraction of sp³-hybridized carbons (Fsp3) is 0.167. The summed E-state index contributed by atoms with van der Waals surface area (Å²) in [5, 5.41) is 33.1. The van der Waals surface area contributed by atoms with Gasteiger partial charge in [-0.2, -0.15) is 15.8 Å². The molecule has 3 atom stereocenters. The lowest BCUT2D eigenvalue weighted by molar-refractivity contribution is 0.440. The molecule has 1 aliphatic rings. The van der Waals surface area contributed by atoms with Crippen molar-refractivity contribution in [3.8, 4) is 36.2 Å². The highest BCUT2D eigenvalue weighted by molar-refractivity contribution is 6.09. The van der Waals surface area contributed by atoms with Gasteiger partial charge in [-0.25, -0.2) is 0 Å². The zero-order chi connectivity index (χ0) is 37.1. The van der Waals surface area contributed by atoms with Gasteiger partial charge in [0.1, 0.15) is 0 Å².